The van der Waals surface area contributed by atoms with Crippen molar-refractivity contribution in [1.82, 2.24) is 20.3 Å². The predicted molar refractivity (Wildman–Crippen MR) is 104 cm³/mol. The van der Waals surface area contributed by atoms with E-state index >= 15 is 0 Å². The molecule has 0 radical (unpaired) electrons. The molecular weight excluding hydrogens is 324 g/mol. The van der Waals surface area contributed by atoms with E-state index in [4.69, 9.17) is 4.98 Å². The van der Waals surface area contributed by atoms with Crippen molar-refractivity contribution < 1.29 is 4.79 Å². The Morgan fingerprint density at radius 3 is 2.88 bits per heavy atom. The van der Waals surface area contributed by atoms with Crippen molar-refractivity contribution in [3.63, 3.8) is 0 Å². The third-order valence-electron chi connectivity index (χ3n) is 4.76. The van der Waals surface area contributed by atoms with Gasteiger partial charge < -0.3 is 10.3 Å². The van der Waals surface area contributed by atoms with Gasteiger partial charge in [0.15, 0.2) is 0 Å². The number of carbonyl (C=O) groups excluding carboxylic acids is 1. The number of hydrogen-bond donors (Lipinski definition) is 2. The molecule has 0 aliphatic rings. The summed E-state index contributed by atoms with van der Waals surface area (Å²) in [5.74, 6) is 0.0394. The maximum Gasteiger partial charge on any atom is 0.220 e. The van der Waals surface area contributed by atoms with Gasteiger partial charge in [-0.3, -0.25) is 4.79 Å². The van der Waals surface area contributed by atoms with Crippen molar-refractivity contribution >= 4 is 27.8 Å². The topological polar surface area (TPSA) is 70.7 Å². The molecule has 5 heteroatoms. The van der Waals surface area contributed by atoms with E-state index in [1.54, 1.807) is 13.2 Å². The van der Waals surface area contributed by atoms with Crippen LogP contribution in [0.25, 0.3) is 33.2 Å². The fraction of sp³-hybridized carbons (Fsp3) is 0.190. The summed E-state index contributed by atoms with van der Waals surface area (Å²) in [5, 5.41) is 4.86. The molecule has 0 spiro atoms. The first kappa shape index (κ1) is 16.3. The first-order valence-corrected chi connectivity index (χ1v) is 8.69. The van der Waals surface area contributed by atoms with Crippen LogP contribution in [0.3, 0.4) is 0 Å². The maximum absolute atomic E-state index is 11.6. The Morgan fingerprint density at radius 2 is 2.04 bits per heavy atom. The number of amides is 1. The second-order valence-corrected chi connectivity index (χ2v) is 6.41. The highest BCUT2D eigenvalue weighted by molar-refractivity contribution is 5.95. The molecule has 0 aliphatic heterocycles. The lowest BCUT2D eigenvalue weighted by atomic mass is 10.00. The Labute approximate surface area is 151 Å². The number of para-hydroxylation sites is 1. The van der Waals surface area contributed by atoms with Gasteiger partial charge in [-0.1, -0.05) is 18.2 Å². The molecule has 26 heavy (non-hydrogen) atoms. The second kappa shape index (κ2) is 6.59. The number of rotatable bonds is 4. The van der Waals surface area contributed by atoms with Crippen molar-refractivity contribution in [1.29, 1.82) is 0 Å². The molecule has 1 aromatic carbocycles. The van der Waals surface area contributed by atoms with Gasteiger partial charge in [-0.15, -0.1) is 0 Å². The zero-order chi connectivity index (χ0) is 18.1. The summed E-state index contributed by atoms with van der Waals surface area (Å²) in [6.45, 7) is 2.10. The maximum atomic E-state index is 11.6. The summed E-state index contributed by atoms with van der Waals surface area (Å²) in [6, 6.07) is 12.3. The van der Waals surface area contributed by atoms with E-state index in [2.05, 4.69) is 40.4 Å². The highest BCUT2D eigenvalue weighted by Gasteiger charge is 2.12. The molecule has 5 nitrogen and oxygen atoms in total. The molecular formula is C21H20N4O. The van der Waals surface area contributed by atoms with Crippen LogP contribution in [-0.2, 0) is 11.2 Å². The monoisotopic (exact) mass is 344 g/mol. The predicted octanol–water partition coefficient (Wildman–Crippen LogP) is 3.77. The molecule has 0 aliphatic carbocycles. The first-order valence-electron chi connectivity index (χ1n) is 8.69. The van der Waals surface area contributed by atoms with Crippen molar-refractivity contribution in [3.05, 3.63) is 59.9 Å². The Bertz CT molecular complexity index is 1110. The number of fused-ring (bicyclic) bond motifs is 2. The molecule has 0 fully saturated rings. The Morgan fingerprint density at radius 1 is 1.19 bits per heavy atom. The van der Waals surface area contributed by atoms with Crippen molar-refractivity contribution in [2.24, 2.45) is 0 Å². The number of nitrogens with one attached hydrogen (secondary N) is 2. The summed E-state index contributed by atoms with van der Waals surface area (Å²) in [6.07, 6.45) is 4.86. The fourth-order valence-corrected chi connectivity index (χ4v) is 3.36. The molecule has 0 saturated heterocycles. The van der Waals surface area contributed by atoms with E-state index < -0.39 is 0 Å². The van der Waals surface area contributed by atoms with Gasteiger partial charge in [0, 0.05) is 42.2 Å². The lowest BCUT2D eigenvalue weighted by molar-refractivity contribution is -0.120. The number of aromatic nitrogens is 3. The largest absolute Gasteiger partial charge is 0.359 e. The molecule has 2 N–H and O–H groups in total. The molecule has 1 amide bonds. The molecule has 3 heterocycles. The minimum Gasteiger partial charge on any atom is -0.359 e. The SMILES string of the molecule is CNC(=O)CCc1cccc2c(C)cc(-c3c[nH]c4ncccc34)nc12. The number of aromatic amines is 1. The number of pyridine rings is 2. The van der Waals surface area contributed by atoms with Crippen LogP contribution in [0.4, 0.5) is 0 Å². The van der Waals surface area contributed by atoms with E-state index in [9.17, 15) is 4.79 Å². The van der Waals surface area contributed by atoms with Gasteiger partial charge in [0.2, 0.25) is 5.91 Å². The summed E-state index contributed by atoms with van der Waals surface area (Å²) in [5.41, 5.74) is 6.04. The van der Waals surface area contributed by atoms with Crippen LogP contribution in [0.5, 0.6) is 0 Å². The number of nitrogens with zero attached hydrogens (tertiary/aromatic N) is 2. The Hall–Kier alpha value is -3.21. The lowest BCUT2D eigenvalue weighted by Gasteiger charge is -2.10. The Kier molecular flexibility index (Phi) is 4.13. The zero-order valence-electron chi connectivity index (χ0n) is 14.8. The molecule has 4 rings (SSSR count). The molecule has 0 unspecified atom stereocenters. The number of carbonyl (C=O) groups is 1. The van der Waals surface area contributed by atoms with Crippen molar-refractivity contribution in [2.75, 3.05) is 7.05 Å². The average Bonchev–Trinajstić information content (AvgIpc) is 3.10. The number of benzene rings is 1. The van der Waals surface area contributed by atoms with Crippen LogP contribution in [-0.4, -0.2) is 27.9 Å². The van der Waals surface area contributed by atoms with Gasteiger partial charge in [0.1, 0.15) is 5.65 Å². The third kappa shape index (κ3) is 2.81. The quantitative estimate of drug-likeness (QED) is 0.592. The number of H-pyrrole nitrogens is 1. The van der Waals surface area contributed by atoms with Crippen LogP contribution in [0.15, 0.2) is 48.8 Å². The van der Waals surface area contributed by atoms with E-state index in [-0.39, 0.29) is 5.91 Å². The van der Waals surface area contributed by atoms with Gasteiger partial charge in [-0.05, 0) is 42.7 Å². The molecule has 3 aromatic heterocycles. The zero-order valence-corrected chi connectivity index (χ0v) is 14.8. The fourth-order valence-electron chi connectivity index (χ4n) is 3.36. The highest BCUT2D eigenvalue weighted by Crippen LogP contribution is 2.30. The molecule has 4 aromatic rings. The molecule has 0 bridgehead atoms. The van der Waals surface area contributed by atoms with Crippen LogP contribution in [0, 0.1) is 6.92 Å². The van der Waals surface area contributed by atoms with Gasteiger partial charge in [0.25, 0.3) is 0 Å². The van der Waals surface area contributed by atoms with Gasteiger partial charge in [-0.25, -0.2) is 9.97 Å². The van der Waals surface area contributed by atoms with E-state index in [0.717, 1.165) is 38.8 Å². The number of hydrogen-bond acceptors (Lipinski definition) is 3. The molecule has 130 valence electrons. The van der Waals surface area contributed by atoms with Crippen LogP contribution < -0.4 is 5.32 Å². The highest BCUT2D eigenvalue weighted by atomic mass is 16.1. The number of aryl methyl sites for hydroxylation is 2. The summed E-state index contributed by atoms with van der Waals surface area (Å²) >= 11 is 0. The Balaban J connectivity index is 1.85. The smallest absolute Gasteiger partial charge is 0.220 e. The van der Waals surface area contributed by atoms with Crippen LogP contribution >= 0.6 is 0 Å². The van der Waals surface area contributed by atoms with E-state index in [1.807, 2.05) is 24.4 Å². The van der Waals surface area contributed by atoms with Gasteiger partial charge in [-0.2, -0.15) is 0 Å². The standard InChI is InChI=1S/C21H20N4O/c1-13-11-18(17-12-24-21-16(17)7-4-10-23-21)25-20-14(5-3-6-15(13)20)8-9-19(26)22-2/h3-7,10-12H,8-9H2,1-2H3,(H,22,26)(H,23,24). The van der Waals surface area contributed by atoms with Gasteiger partial charge >= 0.3 is 0 Å². The molecule has 0 atom stereocenters. The van der Waals surface area contributed by atoms with E-state index in [0.29, 0.717) is 12.8 Å². The summed E-state index contributed by atoms with van der Waals surface area (Å²) in [7, 11) is 1.66. The lowest BCUT2D eigenvalue weighted by Crippen LogP contribution is -2.18. The second-order valence-electron chi connectivity index (χ2n) is 6.41. The average molecular weight is 344 g/mol. The summed E-state index contributed by atoms with van der Waals surface area (Å²) in [4.78, 5) is 24.2. The third-order valence-corrected chi connectivity index (χ3v) is 4.76. The minimum absolute atomic E-state index is 0.0394. The van der Waals surface area contributed by atoms with Gasteiger partial charge in [0.05, 0.1) is 11.2 Å². The van der Waals surface area contributed by atoms with Crippen molar-refractivity contribution in [3.8, 4) is 11.3 Å². The normalized spacial score (nSPS) is 11.2. The van der Waals surface area contributed by atoms with E-state index in [1.165, 1.54) is 5.56 Å². The summed E-state index contributed by atoms with van der Waals surface area (Å²) < 4.78 is 0. The first-order chi connectivity index (χ1) is 12.7. The molecule has 0 saturated carbocycles. The van der Waals surface area contributed by atoms with Crippen LogP contribution in [0.2, 0.25) is 0 Å². The minimum atomic E-state index is 0.0394. The van der Waals surface area contributed by atoms with Crippen molar-refractivity contribution in [2.45, 2.75) is 19.8 Å². The van der Waals surface area contributed by atoms with Crippen LogP contribution in [0.1, 0.15) is 17.5 Å².